The highest BCUT2D eigenvalue weighted by Crippen LogP contribution is 2.18. The molecule has 0 saturated carbocycles. The fourth-order valence-electron chi connectivity index (χ4n) is 11.3. The van der Waals surface area contributed by atoms with Crippen LogP contribution in [0.1, 0.15) is 393 Å². The van der Waals surface area contributed by atoms with Crippen LogP contribution in [0.2, 0.25) is 0 Å². The number of hydrogen-bond donors (Lipinski definition) is 3. The van der Waals surface area contributed by atoms with Crippen molar-refractivity contribution in [1.82, 2.24) is 5.32 Å². The van der Waals surface area contributed by atoms with Crippen molar-refractivity contribution >= 4 is 11.9 Å². The molecule has 2 unspecified atom stereocenters. The van der Waals surface area contributed by atoms with E-state index in [4.69, 9.17) is 4.74 Å². The van der Waals surface area contributed by atoms with Crippen LogP contribution in [-0.4, -0.2) is 47.4 Å². The van der Waals surface area contributed by atoms with Crippen molar-refractivity contribution in [2.75, 3.05) is 13.2 Å². The lowest BCUT2D eigenvalue weighted by Gasteiger charge is -2.20. The van der Waals surface area contributed by atoms with Gasteiger partial charge in [-0.2, -0.15) is 0 Å². The van der Waals surface area contributed by atoms with E-state index in [1.165, 1.54) is 315 Å². The van der Waals surface area contributed by atoms with Crippen molar-refractivity contribution in [3.8, 4) is 0 Å². The minimum Gasteiger partial charge on any atom is -0.466 e. The molecular weight excluding hydrogens is 995 g/mol. The van der Waals surface area contributed by atoms with Gasteiger partial charge in [-0.25, -0.2) is 0 Å². The third kappa shape index (κ3) is 66.8. The fourth-order valence-corrected chi connectivity index (χ4v) is 11.3. The van der Waals surface area contributed by atoms with Crippen molar-refractivity contribution < 1.29 is 24.5 Å². The number of unbranched alkanes of at least 4 members (excludes halogenated alkanes) is 51. The van der Waals surface area contributed by atoms with E-state index in [0.717, 1.165) is 51.4 Å². The SMILES string of the molecule is CCCCCCCC/C=C\CCCCCCCCCC(=O)OCCCCCCCCCCC/C=C\C/C=C\CCCCCCCCCCCCCCCCCCCC(=O)NC(CO)C(O)/C=C/CCCCCCCCCCCCCC. The van der Waals surface area contributed by atoms with Crippen LogP contribution in [0.25, 0.3) is 0 Å². The number of amides is 1. The van der Waals surface area contributed by atoms with Crippen LogP contribution in [0, 0.1) is 0 Å². The van der Waals surface area contributed by atoms with Gasteiger partial charge in [0.1, 0.15) is 0 Å². The van der Waals surface area contributed by atoms with E-state index in [1.807, 2.05) is 6.08 Å². The number of carbonyl (C=O) groups excluding carboxylic acids is 2. The van der Waals surface area contributed by atoms with E-state index >= 15 is 0 Å². The molecule has 0 aliphatic carbocycles. The van der Waals surface area contributed by atoms with Gasteiger partial charge in [-0.15, -0.1) is 0 Å². The molecule has 0 heterocycles. The Morgan fingerprint density at radius 2 is 0.617 bits per heavy atom. The Bertz CT molecular complexity index is 1360. The summed E-state index contributed by atoms with van der Waals surface area (Å²) >= 11 is 0. The van der Waals surface area contributed by atoms with E-state index in [0.29, 0.717) is 19.4 Å². The Labute approximate surface area is 506 Å². The Kier molecular flexibility index (Phi) is 68.4. The zero-order valence-corrected chi connectivity index (χ0v) is 54.5. The van der Waals surface area contributed by atoms with Crippen LogP contribution in [0.3, 0.4) is 0 Å². The number of allylic oxidation sites excluding steroid dienone is 7. The van der Waals surface area contributed by atoms with Gasteiger partial charge in [-0.3, -0.25) is 9.59 Å². The summed E-state index contributed by atoms with van der Waals surface area (Å²) in [6, 6.07) is -0.626. The first-order valence-corrected chi connectivity index (χ1v) is 36.4. The smallest absolute Gasteiger partial charge is 0.305 e. The lowest BCUT2D eigenvalue weighted by Crippen LogP contribution is -2.45. The van der Waals surface area contributed by atoms with E-state index < -0.39 is 12.1 Å². The topological polar surface area (TPSA) is 95.9 Å². The number of ether oxygens (including phenoxy) is 1. The summed E-state index contributed by atoms with van der Waals surface area (Å²) in [5, 5.41) is 23.1. The van der Waals surface area contributed by atoms with Gasteiger partial charge in [-0.1, -0.05) is 339 Å². The number of hydrogen-bond acceptors (Lipinski definition) is 5. The predicted molar refractivity (Wildman–Crippen MR) is 356 cm³/mol. The Morgan fingerprint density at radius 1 is 0.346 bits per heavy atom. The molecule has 3 N–H and O–H groups in total. The fraction of sp³-hybridized carbons (Fsp3) is 0.867. The summed E-state index contributed by atoms with van der Waals surface area (Å²) in [6.07, 6.45) is 92.0. The average molecular weight is 1140 g/mol. The van der Waals surface area contributed by atoms with E-state index in [9.17, 15) is 19.8 Å². The average Bonchev–Trinajstić information content (AvgIpc) is 3.47. The predicted octanol–water partition coefficient (Wildman–Crippen LogP) is 23.6. The first-order valence-electron chi connectivity index (χ1n) is 36.4. The van der Waals surface area contributed by atoms with Crippen molar-refractivity contribution in [3.63, 3.8) is 0 Å². The molecule has 0 aromatic heterocycles. The van der Waals surface area contributed by atoms with Gasteiger partial charge in [0.2, 0.25) is 5.91 Å². The molecule has 0 spiro atoms. The second-order valence-corrected chi connectivity index (χ2v) is 24.9. The van der Waals surface area contributed by atoms with Gasteiger partial charge in [0.05, 0.1) is 25.4 Å². The third-order valence-electron chi connectivity index (χ3n) is 16.8. The van der Waals surface area contributed by atoms with Crippen molar-refractivity contribution in [3.05, 3.63) is 48.6 Å². The molecule has 0 rings (SSSR count). The second-order valence-electron chi connectivity index (χ2n) is 24.9. The molecule has 0 radical (unpaired) electrons. The molecule has 0 aliphatic rings. The van der Waals surface area contributed by atoms with Crippen molar-refractivity contribution in [1.29, 1.82) is 0 Å². The van der Waals surface area contributed by atoms with Gasteiger partial charge < -0.3 is 20.3 Å². The molecule has 0 saturated heterocycles. The van der Waals surface area contributed by atoms with Gasteiger partial charge in [0, 0.05) is 12.8 Å². The van der Waals surface area contributed by atoms with E-state index in [-0.39, 0.29) is 18.5 Å². The highest BCUT2D eigenvalue weighted by molar-refractivity contribution is 5.76. The van der Waals surface area contributed by atoms with Crippen molar-refractivity contribution in [2.45, 2.75) is 405 Å². The minimum atomic E-state index is -0.843. The monoisotopic (exact) mass is 1140 g/mol. The molecular formula is C75H141NO5. The molecule has 0 bridgehead atoms. The lowest BCUT2D eigenvalue weighted by atomic mass is 10.0. The maximum Gasteiger partial charge on any atom is 0.305 e. The van der Waals surface area contributed by atoms with Crippen LogP contribution in [0.5, 0.6) is 0 Å². The summed E-state index contributed by atoms with van der Waals surface area (Å²) in [6.45, 7) is 4.92. The van der Waals surface area contributed by atoms with Crippen LogP contribution in [0.4, 0.5) is 0 Å². The van der Waals surface area contributed by atoms with Gasteiger partial charge in [-0.05, 0) is 89.9 Å². The molecule has 0 fully saturated rings. The Balaban J connectivity index is 3.38. The quantitative estimate of drug-likeness (QED) is 0.0320. The minimum absolute atomic E-state index is 0.0108. The van der Waals surface area contributed by atoms with Gasteiger partial charge in [0.15, 0.2) is 0 Å². The second kappa shape index (κ2) is 70.3. The van der Waals surface area contributed by atoms with Crippen LogP contribution < -0.4 is 5.32 Å². The molecule has 6 nitrogen and oxygen atoms in total. The van der Waals surface area contributed by atoms with Crippen LogP contribution in [0.15, 0.2) is 48.6 Å². The standard InChI is InChI=1S/C75H141NO5/c1-3-5-7-9-11-13-15-17-19-37-41-45-49-53-57-61-65-69-75(80)81-70-66-62-58-54-50-46-42-39-36-34-32-30-28-26-24-22-20-21-23-25-27-29-31-33-35-38-40-44-48-52-56-60-64-68-74(79)76-72(71-77)73(78)67-63-59-55-51-47-43-18-16-14-12-10-8-6-4-2/h17,19,24,26,30,32,63,67,72-73,77-78H,3-16,18,20-23,25,27-29,31,33-62,64-66,68-71H2,1-2H3,(H,76,79)/b19-17-,26-24-,32-30-,67-63+. The number of esters is 1. The molecule has 81 heavy (non-hydrogen) atoms. The molecule has 0 aliphatic heterocycles. The van der Waals surface area contributed by atoms with Crippen LogP contribution >= 0.6 is 0 Å². The molecule has 0 aromatic rings. The largest absolute Gasteiger partial charge is 0.466 e. The summed E-state index contributed by atoms with van der Waals surface area (Å²) in [5.41, 5.74) is 0. The molecule has 1 amide bonds. The number of rotatable bonds is 68. The van der Waals surface area contributed by atoms with Gasteiger partial charge in [0.25, 0.3) is 0 Å². The van der Waals surface area contributed by atoms with Crippen LogP contribution in [-0.2, 0) is 14.3 Å². The highest BCUT2D eigenvalue weighted by atomic mass is 16.5. The van der Waals surface area contributed by atoms with E-state index in [1.54, 1.807) is 6.08 Å². The lowest BCUT2D eigenvalue weighted by molar-refractivity contribution is -0.143. The van der Waals surface area contributed by atoms with Gasteiger partial charge >= 0.3 is 5.97 Å². The molecule has 476 valence electrons. The summed E-state index contributed by atoms with van der Waals surface area (Å²) in [7, 11) is 0. The summed E-state index contributed by atoms with van der Waals surface area (Å²) < 4.78 is 5.50. The van der Waals surface area contributed by atoms with E-state index in [2.05, 4.69) is 55.6 Å². The molecule has 0 aromatic carbocycles. The summed E-state index contributed by atoms with van der Waals surface area (Å²) in [4.78, 5) is 24.6. The Hall–Kier alpha value is -2.18. The zero-order chi connectivity index (χ0) is 58.5. The Morgan fingerprint density at radius 3 is 0.951 bits per heavy atom. The normalized spacial score (nSPS) is 12.8. The first kappa shape index (κ1) is 78.8. The number of nitrogens with one attached hydrogen (secondary N) is 1. The summed E-state index contributed by atoms with van der Waals surface area (Å²) in [5.74, 6) is -0.0539. The highest BCUT2D eigenvalue weighted by Gasteiger charge is 2.18. The number of carbonyl (C=O) groups is 2. The number of aliphatic hydroxyl groups excluding tert-OH is 2. The first-order chi connectivity index (χ1) is 40.0. The van der Waals surface area contributed by atoms with Crippen molar-refractivity contribution in [2.24, 2.45) is 0 Å². The third-order valence-corrected chi connectivity index (χ3v) is 16.8. The maximum absolute atomic E-state index is 12.5. The zero-order valence-electron chi connectivity index (χ0n) is 54.5. The number of aliphatic hydroxyl groups is 2. The maximum atomic E-state index is 12.5. The molecule has 2 atom stereocenters. The molecule has 6 heteroatoms.